The number of hydrogen-bond donors (Lipinski definition) is 3. The van der Waals surface area contributed by atoms with Crippen LogP contribution in [-0.2, 0) is 27.2 Å². The van der Waals surface area contributed by atoms with Crippen LogP contribution in [0.2, 0.25) is 0 Å². The second kappa shape index (κ2) is 17.4. The van der Waals surface area contributed by atoms with Crippen molar-refractivity contribution in [3.63, 3.8) is 0 Å². The standard InChI is InChI=1S/C40H69NO6/c1-11-22-41(23-12-2)25-33-31(19-17-27(7)36(33)43)18-16-26(6)35(42)29(9)37(44)32(13-3)38-28(8)24-40(15-5,47-38)34-20-21-39(45,14-4)30(10)46-34/h17,19,26,28-30,32,34-35,38,42-43,45H,11-16,18,20-25H2,1-10H3/t26-,28+,29+,30+,32+,34?,35+,38?,39-,40+/m1/s1. The number of phenolic OH excluding ortho intramolecular Hbond substituents is 1. The van der Waals surface area contributed by atoms with Gasteiger partial charge in [-0.3, -0.25) is 9.69 Å². The third-order valence-corrected chi connectivity index (χ3v) is 12.0. The van der Waals surface area contributed by atoms with Crippen LogP contribution in [0, 0.1) is 30.6 Å². The maximum atomic E-state index is 14.1. The number of nitrogens with zero attached hydrogens (tertiary/aromatic N) is 1. The normalized spacial score (nSPS) is 30.7. The Balaban J connectivity index is 1.69. The SMILES string of the molecule is CCCN(CCC)Cc1c(CC[C@@H](C)[C@H](O)[C@H](C)C(=O)[C@H](CC)C2O[C@](CC)(C3CC[C@](O)(CC)[C@H](C)O3)C[C@@H]2C)ccc(C)c1O. The topological polar surface area (TPSA) is 99.5 Å². The van der Waals surface area contributed by atoms with Crippen LogP contribution in [0.4, 0.5) is 0 Å². The zero-order valence-corrected chi connectivity index (χ0v) is 31.5. The van der Waals surface area contributed by atoms with E-state index >= 15 is 0 Å². The summed E-state index contributed by atoms with van der Waals surface area (Å²) in [6.07, 6.45) is 6.60. The minimum absolute atomic E-state index is 0.0809. The monoisotopic (exact) mass is 660 g/mol. The van der Waals surface area contributed by atoms with Gasteiger partial charge in [-0.2, -0.15) is 0 Å². The number of hydrogen-bond acceptors (Lipinski definition) is 7. The first kappa shape index (κ1) is 39.9. The lowest BCUT2D eigenvalue weighted by atomic mass is 9.76. The molecule has 2 fully saturated rings. The molecule has 47 heavy (non-hydrogen) atoms. The van der Waals surface area contributed by atoms with Crippen LogP contribution in [0.3, 0.4) is 0 Å². The van der Waals surface area contributed by atoms with Crippen molar-refractivity contribution in [2.24, 2.45) is 23.7 Å². The van der Waals surface area contributed by atoms with Crippen molar-refractivity contribution in [1.82, 2.24) is 4.90 Å². The van der Waals surface area contributed by atoms with Crippen LogP contribution in [0.25, 0.3) is 0 Å². The molecule has 10 atom stereocenters. The Bertz CT molecular complexity index is 1140. The smallest absolute Gasteiger partial charge is 0.143 e. The van der Waals surface area contributed by atoms with E-state index in [1.165, 1.54) is 0 Å². The van der Waals surface area contributed by atoms with Gasteiger partial charge in [0.2, 0.25) is 0 Å². The number of Topliss-reactive ketones (excluding diaryl/α,β-unsaturated/α-hetero) is 1. The molecule has 0 amide bonds. The number of aliphatic hydroxyl groups is 2. The van der Waals surface area contributed by atoms with Crippen LogP contribution in [0.1, 0.15) is 137 Å². The Kier molecular flexibility index (Phi) is 14.8. The summed E-state index contributed by atoms with van der Waals surface area (Å²) in [5, 5.41) is 33.6. The number of rotatable bonds is 18. The average Bonchev–Trinajstić information content (AvgIpc) is 3.40. The van der Waals surface area contributed by atoms with E-state index < -0.39 is 23.2 Å². The molecule has 3 rings (SSSR count). The molecule has 7 heteroatoms. The molecule has 0 bridgehead atoms. The van der Waals surface area contributed by atoms with E-state index in [0.717, 1.165) is 81.3 Å². The van der Waals surface area contributed by atoms with E-state index in [0.29, 0.717) is 25.0 Å². The van der Waals surface area contributed by atoms with Crippen molar-refractivity contribution >= 4 is 5.78 Å². The molecule has 1 aromatic carbocycles. The largest absolute Gasteiger partial charge is 0.507 e. The fourth-order valence-corrected chi connectivity index (χ4v) is 8.59. The van der Waals surface area contributed by atoms with Gasteiger partial charge in [0, 0.05) is 23.9 Å². The van der Waals surface area contributed by atoms with Crippen LogP contribution >= 0.6 is 0 Å². The highest BCUT2D eigenvalue weighted by Gasteiger charge is 2.55. The number of aliphatic hydroxyl groups excluding tert-OH is 1. The lowest BCUT2D eigenvalue weighted by Gasteiger charge is -2.47. The second-order valence-electron chi connectivity index (χ2n) is 15.3. The summed E-state index contributed by atoms with van der Waals surface area (Å²) in [6, 6.07) is 4.11. The number of aromatic hydroxyl groups is 1. The first-order valence-corrected chi connectivity index (χ1v) is 19.0. The fourth-order valence-electron chi connectivity index (χ4n) is 8.59. The van der Waals surface area contributed by atoms with Crippen molar-refractivity contribution in [3.05, 3.63) is 28.8 Å². The second-order valence-corrected chi connectivity index (χ2v) is 15.3. The predicted octanol–water partition coefficient (Wildman–Crippen LogP) is 7.77. The Morgan fingerprint density at radius 3 is 2.28 bits per heavy atom. The molecular weight excluding hydrogens is 590 g/mol. The summed E-state index contributed by atoms with van der Waals surface area (Å²) in [4.78, 5) is 16.5. The Hall–Kier alpha value is -1.51. The van der Waals surface area contributed by atoms with Gasteiger partial charge in [-0.25, -0.2) is 0 Å². The molecule has 2 aliphatic heterocycles. The highest BCUT2D eigenvalue weighted by molar-refractivity contribution is 5.84. The summed E-state index contributed by atoms with van der Waals surface area (Å²) >= 11 is 0. The fraction of sp³-hybridized carbons (Fsp3) is 0.825. The van der Waals surface area contributed by atoms with Gasteiger partial charge in [-0.1, -0.05) is 67.5 Å². The van der Waals surface area contributed by atoms with Gasteiger partial charge in [0.15, 0.2) is 0 Å². The van der Waals surface area contributed by atoms with Gasteiger partial charge in [0.1, 0.15) is 11.5 Å². The summed E-state index contributed by atoms with van der Waals surface area (Å²) < 4.78 is 13.4. The zero-order valence-electron chi connectivity index (χ0n) is 31.5. The van der Waals surface area contributed by atoms with E-state index in [-0.39, 0.29) is 41.8 Å². The molecule has 0 radical (unpaired) electrons. The zero-order chi connectivity index (χ0) is 35.1. The maximum Gasteiger partial charge on any atom is 0.143 e. The van der Waals surface area contributed by atoms with Crippen molar-refractivity contribution in [1.29, 1.82) is 0 Å². The highest BCUT2D eigenvalue weighted by atomic mass is 16.6. The molecule has 3 N–H and O–H groups in total. The van der Waals surface area contributed by atoms with Crippen molar-refractivity contribution < 1.29 is 29.6 Å². The third-order valence-electron chi connectivity index (χ3n) is 12.0. The Morgan fingerprint density at radius 2 is 1.72 bits per heavy atom. The van der Waals surface area contributed by atoms with Crippen LogP contribution in [0.5, 0.6) is 5.75 Å². The molecule has 2 unspecified atom stereocenters. The lowest BCUT2D eigenvalue weighted by molar-refractivity contribution is -0.229. The molecule has 2 heterocycles. The number of phenols is 1. The van der Waals surface area contributed by atoms with Crippen molar-refractivity contribution in [2.45, 2.75) is 176 Å². The first-order valence-electron chi connectivity index (χ1n) is 19.0. The maximum absolute atomic E-state index is 14.1. The van der Waals surface area contributed by atoms with Crippen LogP contribution < -0.4 is 0 Å². The van der Waals surface area contributed by atoms with Gasteiger partial charge in [-0.05, 0) is 114 Å². The summed E-state index contributed by atoms with van der Waals surface area (Å²) in [6.45, 7) is 23.3. The van der Waals surface area contributed by atoms with E-state index in [1.54, 1.807) is 0 Å². The Morgan fingerprint density at radius 1 is 1.06 bits per heavy atom. The number of benzene rings is 1. The molecule has 270 valence electrons. The molecule has 0 aliphatic carbocycles. The van der Waals surface area contributed by atoms with E-state index in [9.17, 15) is 20.1 Å². The predicted molar refractivity (Wildman–Crippen MR) is 191 cm³/mol. The molecule has 0 spiro atoms. The number of ether oxygens (including phenoxy) is 2. The van der Waals surface area contributed by atoms with Gasteiger partial charge >= 0.3 is 0 Å². The first-order chi connectivity index (χ1) is 22.2. The van der Waals surface area contributed by atoms with Crippen LogP contribution in [-0.4, -0.2) is 74.7 Å². The van der Waals surface area contributed by atoms with Gasteiger partial charge in [0.25, 0.3) is 0 Å². The molecule has 7 nitrogen and oxygen atoms in total. The molecule has 0 saturated carbocycles. The summed E-state index contributed by atoms with van der Waals surface area (Å²) in [7, 11) is 0. The van der Waals surface area contributed by atoms with Crippen molar-refractivity contribution in [2.75, 3.05) is 13.1 Å². The third kappa shape index (κ3) is 9.00. The Labute approximate surface area is 286 Å². The molecule has 0 aromatic heterocycles. The summed E-state index contributed by atoms with van der Waals surface area (Å²) in [5.41, 5.74) is 1.72. The molecule has 1 aromatic rings. The molecular formula is C40H69NO6. The van der Waals surface area contributed by atoms with E-state index in [4.69, 9.17) is 9.47 Å². The van der Waals surface area contributed by atoms with Gasteiger partial charge < -0.3 is 24.8 Å². The van der Waals surface area contributed by atoms with E-state index in [1.807, 2.05) is 40.7 Å². The summed E-state index contributed by atoms with van der Waals surface area (Å²) in [5.74, 6) is -0.251. The van der Waals surface area contributed by atoms with Gasteiger partial charge in [0.05, 0.1) is 35.6 Å². The highest BCUT2D eigenvalue weighted by Crippen LogP contribution is 2.48. The number of ketones is 1. The molecule has 2 saturated heterocycles. The number of aryl methyl sites for hydroxylation is 2. The average molecular weight is 660 g/mol. The quantitative estimate of drug-likeness (QED) is 0.148. The van der Waals surface area contributed by atoms with Crippen molar-refractivity contribution in [3.8, 4) is 5.75 Å². The van der Waals surface area contributed by atoms with Crippen LogP contribution in [0.15, 0.2) is 12.1 Å². The minimum Gasteiger partial charge on any atom is -0.507 e. The number of carbonyl (C=O) groups is 1. The minimum atomic E-state index is -0.800. The molecule has 2 aliphatic rings. The lowest BCUT2D eigenvalue weighted by Crippen LogP contribution is -2.55. The van der Waals surface area contributed by atoms with E-state index in [2.05, 4.69) is 45.6 Å². The van der Waals surface area contributed by atoms with Gasteiger partial charge in [-0.15, -0.1) is 0 Å². The number of carbonyl (C=O) groups excluding carboxylic acids is 1.